The third-order valence-corrected chi connectivity index (χ3v) is 3.55. The van der Waals surface area contributed by atoms with E-state index in [9.17, 15) is 19.7 Å². The van der Waals surface area contributed by atoms with Crippen LogP contribution in [-0.2, 0) is 4.79 Å². The van der Waals surface area contributed by atoms with E-state index in [2.05, 4.69) is 25.7 Å². The summed E-state index contributed by atoms with van der Waals surface area (Å²) in [4.78, 5) is 33.4. The lowest BCUT2D eigenvalue weighted by atomic mass is 10.1. The molecule has 27 heavy (non-hydrogen) atoms. The third-order valence-electron chi connectivity index (χ3n) is 3.55. The normalized spacial score (nSPS) is 10.9. The molecule has 1 aromatic heterocycles. The van der Waals surface area contributed by atoms with Gasteiger partial charge in [-0.3, -0.25) is 29.9 Å². The van der Waals surface area contributed by atoms with E-state index in [1.165, 1.54) is 25.1 Å². The Kier molecular flexibility index (Phi) is 4.88. The highest BCUT2D eigenvalue weighted by Crippen LogP contribution is 2.29. The molecule has 136 valence electrons. The minimum Gasteiger partial charge on any atom is -0.326 e. The van der Waals surface area contributed by atoms with Gasteiger partial charge in [-0.05, 0) is 24.3 Å². The van der Waals surface area contributed by atoms with Crippen LogP contribution in [0.1, 0.15) is 6.92 Å². The molecule has 1 amide bonds. The monoisotopic (exact) mass is 366 g/mol. The topological polar surface area (TPSA) is 146 Å². The van der Waals surface area contributed by atoms with Gasteiger partial charge >= 0.3 is 0 Å². The van der Waals surface area contributed by atoms with E-state index < -0.39 is 10.5 Å². The van der Waals surface area contributed by atoms with Crippen LogP contribution in [0.4, 0.5) is 22.7 Å². The van der Waals surface area contributed by atoms with E-state index in [4.69, 9.17) is 0 Å². The number of non-ortho nitro benzene ring substituents is 1. The lowest BCUT2D eigenvalue weighted by molar-refractivity contribution is -0.384. The van der Waals surface area contributed by atoms with Crippen molar-refractivity contribution in [2.24, 2.45) is 10.2 Å². The lowest BCUT2D eigenvalue weighted by Gasteiger charge is -2.01. The minimum atomic E-state index is -0.522. The summed E-state index contributed by atoms with van der Waals surface area (Å²) in [5, 5.41) is 26.6. The van der Waals surface area contributed by atoms with E-state index in [-0.39, 0.29) is 17.3 Å². The van der Waals surface area contributed by atoms with Gasteiger partial charge in [-0.2, -0.15) is 5.11 Å². The number of aromatic amines is 2. The molecule has 0 aliphatic carbocycles. The molecule has 3 aromatic rings. The molecule has 1 heterocycles. The standard InChI is InChI=1S/C17H14N6O4/c1-10(24)18-12-5-7-13(8-6-12)19-21-16-15(20-22-17(16)25)11-3-2-4-14(9-11)23(26)27/h2-9H,1H3,(H,18,24)(H2,20,22,25). The van der Waals surface area contributed by atoms with Crippen LogP contribution in [0.3, 0.4) is 0 Å². The first-order valence-electron chi connectivity index (χ1n) is 7.79. The molecule has 10 heteroatoms. The number of H-pyrrole nitrogens is 2. The Hall–Kier alpha value is -4.08. The molecule has 0 fully saturated rings. The van der Waals surface area contributed by atoms with Crippen LogP contribution in [0.5, 0.6) is 0 Å². The summed E-state index contributed by atoms with van der Waals surface area (Å²) < 4.78 is 0. The second kappa shape index (κ2) is 7.44. The molecule has 10 nitrogen and oxygen atoms in total. The predicted molar refractivity (Wildman–Crippen MR) is 98.4 cm³/mol. The molecular weight excluding hydrogens is 352 g/mol. The Bertz CT molecular complexity index is 1080. The van der Waals surface area contributed by atoms with Gasteiger partial charge in [-0.15, -0.1) is 5.11 Å². The van der Waals surface area contributed by atoms with Crippen molar-refractivity contribution >= 4 is 28.7 Å². The number of nitrogens with zero attached hydrogens (tertiary/aromatic N) is 3. The Morgan fingerprint density at radius 1 is 1.11 bits per heavy atom. The molecule has 3 rings (SSSR count). The molecule has 0 saturated carbocycles. The van der Waals surface area contributed by atoms with Crippen LogP contribution in [0, 0.1) is 10.1 Å². The number of hydrogen-bond acceptors (Lipinski definition) is 6. The van der Waals surface area contributed by atoms with Crippen molar-refractivity contribution in [2.45, 2.75) is 6.92 Å². The summed E-state index contributed by atoms with van der Waals surface area (Å²) in [5.41, 5.74) is 1.19. The van der Waals surface area contributed by atoms with Crippen molar-refractivity contribution in [3.63, 3.8) is 0 Å². The molecule has 0 radical (unpaired) electrons. The summed E-state index contributed by atoms with van der Waals surface area (Å²) in [7, 11) is 0. The van der Waals surface area contributed by atoms with E-state index in [1.54, 1.807) is 30.3 Å². The third kappa shape index (κ3) is 4.12. The smallest absolute Gasteiger partial charge is 0.292 e. The van der Waals surface area contributed by atoms with Gasteiger partial charge < -0.3 is 5.32 Å². The molecule has 0 unspecified atom stereocenters. The Balaban J connectivity index is 1.90. The van der Waals surface area contributed by atoms with Crippen molar-refractivity contribution in [1.29, 1.82) is 0 Å². The van der Waals surface area contributed by atoms with Gasteiger partial charge in [0, 0.05) is 30.3 Å². The van der Waals surface area contributed by atoms with Crippen LogP contribution >= 0.6 is 0 Å². The van der Waals surface area contributed by atoms with Gasteiger partial charge in [-0.1, -0.05) is 12.1 Å². The molecular formula is C17H14N6O4. The number of hydrogen-bond donors (Lipinski definition) is 3. The zero-order valence-electron chi connectivity index (χ0n) is 14.1. The largest absolute Gasteiger partial charge is 0.326 e. The van der Waals surface area contributed by atoms with Crippen molar-refractivity contribution in [2.75, 3.05) is 5.32 Å². The predicted octanol–water partition coefficient (Wildman–Crippen LogP) is 3.65. The van der Waals surface area contributed by atoms with Gasteiger partial charge in [0.15, 0.2) is 5.69 Å². The fourth-order valence-electron chi connectivity index (χ4n) is 2.35. The van der Waals surface area contributed by atoms with Gasteiger partial charge in [0.2, 0.25) is 5.91 Å². The first-order valence-corrected chi connectivity index (χ1v) is 7.79. The van der Waals surface area contributed by atoms with E-state index in [0.29, 0.717) is 22.6 Å². The van der Waals surface area contributed by atoms with Gasteiger partial charge in [0.25, 0.3) is 11.2 Å². The first-order chi connectivity index (χ1) is 12.9. The zero-order chi connectivity index (χ0) is 19.4. The van der Waals surface area contributed by atoms with E-state index >= 15 is 0 Å². The quantitative estimate of drug-likeness (QED) is 0.359. The fraction of sp³-hybridized carbons (Fsp3) is 0.0588. The average molecular weight is 366 g/mol. The number of rotatable bonds is 5. The molecule has 2 aromatic carbocycles. The van der Waals surface area contributed by atoms with Gasteiger partial charge in [0.05, 0.1) is 16.3 Å². The molecule has 0 bridgehead atoms. The second-order valence-electron chi connectivity index (χ2n) is 5.54. The van der Waals surface area contributed by atoms with Crippen molar-refractivity contribution in [3.05, 3.63) is 69.0 Å². The van der Waals surface area contributed by atoms with Crippen molar-refractivity contribution in [3.8, 4) is 11.3 Å². The molecule has 0 aliphatic rings. The van der Waals surface area contributed by atoms with Crippen LogP contribution in [0.2, 0.25) is 0 Å². The Morgan fingerprint density at radius 3 is 2.52 bits per heavy atom. The van der Waals surface area contributed by atoms with Crippen molar-refractivity contribution in [1.82, 2.24) is 10.2 Å². The van der Waals surface area contributed by atoms with Gasteiger partial charge in [0.1, 0.15) is 0 Å². The van der Waals surface area contributed by atoms with Crippen molar-refractivity contribution < 1.29 is 9.72 Å². The highest BCUT2D eigenvalue weighted by atomic mass is 16.6. The molecule has 0 saturated heterocycles. The highest BCUT2D eigenvalue weighted by molar-refractivity contribution is 5.88. The number of nitrogens with one attached hydrogen (secondary N) is 3. The summed E-state index contributed by atoms with van der Waals surface area (Å²) in [5.74, 6) is -0.190. The maximum absolute atomic E-state index is 12.0. The maximum atomic E-state index is 12.0. The fourth-order valence-corrected chi connectivity index (χ4v) is 2.35. The number of benzene rings is 2. The number of azo groups is 1. The zero-order valence-corrected chi connectivity index (χ0v) is 14.1. The number of amides is 1. The Morgan fingerprint density at radius 2 is 1.85 bits per heavy atom. The summed E-state index contributed by atoms with van der Waals surface area (Å²) >= 11 is 0. The average Bonchev–Trinajstić information content (AvgIpc) is 3.01. The number of nitro benzene ring substituents is 1. The van der Waals surface area contributed by atoms with E-state index in [0.717, 1.165) is 0 Å². The number of carbonyl (C=O) groups excluding carboxylic acids is 1. The Labute approximate surface area is 152 Å². The minimum absolute atomic E-state index is 0.00133. The first kappa shape index (κ1) is 17.7. The van der Waals surface area contributed by atoms with E-state index in [1.807, 2.05) is 0 Å². The summed E-state index contributed by atoms with van der Waals surface area (Å²) in [6.45, 7) is 1.40. The van der Waals surface area contributed by atoms with Crippen LogP contribution in [0.25, 0.3) is 11.3 Å². The SMILES string of the molecule is CC(=O)Nc1ccc(N=Nc2c(-c3cccc([N+](=O)[O-])c3)[nH][nH]c2=O)cc1. The number of nitro groups is 1. The second-order valence-corrected chi connectivity index (χ2v) is 5.54. The number of aromatic nitrogens is 2. The maximum Gasteiger partial charge on any atom is 0.292 e. The molecule has 0 aliphatic heterocycles. The molecule has 0 spiro atoms. The van der Waals surface area contributed by atoms with Crippen LogP contribution in [-0.4, -0.2) is 21.0 Å². The number of anilines is 1. The lowest BCUT2D eigenvalue weighted by Crippen LogP contribution is -2.04. The van der Waals surface area contributed by atoms with Crippen LogP contribution < -0.4 is 10.9 Å². The summed E-state index contributed by atoms with van der Waals surface area (Å²) in [6.07, 6.45) is 0. The van der Waals surface area contributed by atoms with Gasteiger partial charge in [-0.25, -0.2) is 0 Å². The summed E-state index contributed by atoms with van der Waals surface area (Å²) in [6, 6.07) is 12.4. The molecule has 0 atom stereocenters. The number of carbonyl (C=O) groups is 1. The molecule has 3 N–H and O–H groups in total. The van der Waals surface area contributed by atoms with Crippen LogP contribution in [0.15, 0.2) is 63.6 Å². The highest BCUT2D eigenvalue weighted by Gasteiger charge is 2.14.